The molecule has 90 heavy (non-hydrogen) atoms. The Labute approximate surface area is 507 Å². The van der Waals surface area contributed by atoms with Crippen molar-refractivity contribution >= 4 is 115 Å². The lowest BCUT2D eigenvalue weighted by Gasteiger charge is -2.26. The number of anilines is 2. The van der Waals surface area contributed by atoms with Crippen LogP contribution in [0.4, 0.5) is 11.4 Å². The molecule has 0 spiro atoms. The Morgan fingerprint density at radius 3 is 1.03 bits per heavy atom. The van der Waals surface area contributed by atoms with E-state index in [1.807, 2.05) is 36.4 Å². The van der Waals surface area contributed by atoms with Gasteiger partial charge in [0.05, 0.1) is 33.2 Å². The molecule has 18 heteroatoms. The molecule has 7 heterocycles. The summed E-state index contributed by atoms with van der Waals surface area (Å²) in [5.74, 6) is -7.00. The highest BCUT2D eigenvalue weighted by atomic mass is 16.4. The van der Waals surface area contributed by atoms with Crippen LogP contribution in [-0.2, 0) is 12.8 Å². The quantitative estimate of drug-likeness (QED) is 0.0609. The van der Waals surface area contributed by atoms with Crippen LogP contribution >= 0.6 is 0 Å². The van der Waals surface area contributed by atoms with Crippen molar-refractivity contribution in [1.82, 2.24) is 29.7 Å². The number of carboxylic acid groups (broad SMARTS) is 2. The second-order valence-electron chi connectivity index (χ2n) is 22.1. The third-order valence-corrected chi connectivity index (χ3v) is 17.0. The summed E-state index contributed by atoms with van der Waals surface area (Å²) in [6, 6.07) is 49.5. The van der Waals surface area contributed by atoms with Gasteiger partial charge in [0.15, 0.2) is 0 Å². The normalized spacial score (nSPS) is 13.4. The predicted octanol–water partition coefficient (Wildman–Crippen LogP) is 10.8. The van der Waals surface area contributed by atoms with Crippen molar-refractivity contribution in [3.63, 3.8) is 0 Å². The maximum absolute atomic E-state index is 14.5. The number of rotatable bonds is 8. The molecule has 0 saturated heterocycles. The average molecular weight is 1180 g/mol. The number of aromatic carboxylic acids is 2. The number of carbonyl (C=O) groups excluding carboxylic acids is 6. The van der Waals surface area contributed by atoms with Crippen molar-refractivity contribution in [2.24, 2.45) is 0 Å². The molecule has 4 aliphatic heterocycles. The molecule has 8 aromatic carbocycles. The van der Waals surface area contributed by atoms with Gasteiger partial charge >= 0.3 is 11.9 Å². The molecule has 11 aromatic rings. The Balaban J connectivity index is 0.923. The molecular weight excluding hydrogens is 1140 g/mol. The molecular formula is C72H44N8O10. The zero-order chi connectivity index (χ0) is 62.0. The van der Waals surface area contributed by atoms with E-state index in [1.54, 1.807) is 121 Å². The number of nitrogens with two attached hydrogens (primary N) is 2. The van der Waals surface area contributed by atoms with Crippen LogP contribution in [0.25, 0.3) is 100 Å². The van der Waals surface area contributed by atoms with Crippen LogP contribution in [0.5, 0.6) is 0 Å². The Hall–Kier alpha value is -12.7. The Morgan fingerprint density at radius 2 is 0.689 bits per heavy atom. The fraction of sp³-hybridized carbons (Fsp3) is 0.0278. The first-order chi connectivity index (χ1) is 43.6. The van der Waals surface area contributed by atoms with Crippen molar-refractivity contribution in [2.75, 3.05) is 11.5 Å². The summed E-state index contributed by atoms with van der Waals surface area (Å²) < 4.78 is 0. The van der Waals surface area contributed by atoms with Crippen molar-refractivity contribution in [1.29, 1.82) is 0 Å². The number of nitrogen functional groups attached to an aromatic ring is 2. The lowest BCUT2D eigenvalue weighted by molar-refractivity contribution is 0.0510. The smallest absolute Gasteiger partial charge is 0.335 e. The van der Waals surface area contributed by atoms with Crippen molar-refractivity contribution < 1.29 is 48.6 Å². The number of imide groups is 6. The van der Waals surface area contributed by atoms with Gasteiger partial charge in [0.25, 0.3) is 35.4 Å². The van der Waals surface area contributed by atoms with Crippen LogP contribution in [-0.4, -0.2) is 87.3 Å². The lowest BCUT2D eigenvalue weighted by Crippen LogP contribution is -2.44. The fourth-order valence-corrected chi connectivity index (χ4v) is 12.7. The molecule has 18 nitrogen and oxygen atoms in total. The number of nitrogens with zero attached hydrogens (tertiary/aromatic N) is 4. The van der Waals surface area contributed by atoms with E-state index >= 15 is 0 Å². The number of fused-ring (bicyclic) bond motifs is 8. The second-order valence-corrected chi connectivity index (χ2v) is 22.1. The standard InChI is InChI=1S/C72H44N8O10/c73-49-25-23-47-63-43(49)3-1-5-45(63)67(83)79(69(47)85)65(81)39-15-7-35(8-16-39)59-51-27-28-52(75-51)60(36-9-17-40(18-10-36)66(82)80-68(84)46-6-2-4-44-50(74)26-24-48(64(44)46)70(80)86)54-30-32-56(77-54)62(38-13-21-42(22-14-38)72(89)90)58-34-33-57(78-58)61(55-31-29-53(59)76-55)37-11-19-41(20-12-37)71(87)88/h1-27,29-32,34,76-77H,28,33,73-74H2,(H,87,88)(H,89,90). The molecule has 432 valence electrons. The van der Waals surface area contributed by atoms with Gasteiger partial charge in [0, 0.05) is 123 Å². The summed E-state index contributed by atoms with van der Waals surface area (Å²) in [5, 5.41) is 22.7. The van der Waals surface area contributed by atoms with E-state index in [2.05, 4.69) is 9.97 Å². The van der Waals surface area contributed by atoms with E-state index < -0.39 is 47.4 Å². The SMILES string of the molecule is Nc1ccc2c3c(cccc13)C(=O)N(C(=O)c1ccc(-c3c4nc(c(-c5ccc(C(=O)N6C(=O)c7cccc8c(N)ccc(c78)C6=O)cc5)c5ccc([nH]5)c(-c5ccc(C(=O)O)cc5)c5nc(c(-c6ccc(C(=O)O)cc6)c6ccc3[nH]6)=CC5)=CC4)cc1)C2=O. The highest BCUT2D eigenvalue weighted by molar-refractivity contribution is 6.35. The summed E-state index contributed by atoms with van der Waals surface area (Å²) in [7, 11) is 0. The highest BCUT2D eigenvalue weighted by Gasteiger charge is 2.40. The second kappa shape index (κ2) is 20.5. The number of H-pyrrole nitrogens is 2. The van der Waals surface area contributed by atoms with Crippen LogP contribution in [0.2, 0.25) is 0 Å². The van der Waals surface area contributed by atoms with E-state index in [1.165, 1.54) is 36.4 Å². The monoisotopic (exact) mass is 1180 g/mol. The number of carboxylic acids is 2. The first-order valence-corrected chi connectivity index (χ1v) is 28.4. The third-order valence-electron chi connectivity index (χ3n) is 17.0. The summed E-state index contributed by atoms with van der Waals surface area (Å²) in [4.78, 5) is 129. The van der Waals surface area contributed by atoms with Gasteiger partial charge in [-0.25, -0.2) is 19.4 Å². The van der Waals surface area contributed by atoms with Gasteiger partial charge in [-0.3, -0.25) is 38.7 Å². The molecule has 3 aromatic heterocycles. The number of aromatic amines is 2. The Kier molecular flexibility index (Phi) is 12.3. The van der Waals surface area contributed by atoms with E-state index in [0.717, 1.165) is 0 Å². The van der Waals surface area contributed by atoms with Crippen LogP contribution in [0.1, 0.15) is 94.3 Å². The van der Waals surface area contributed by atoms with Crippen LogP contribution in [0.3, 0.4) is 0 Å². The summed E-state index contributed by atoms with van der Waals surface area (Å²) >= 11 is 0. The molecule has 0 radical (unpaired) electrons. The molecule has 4 aliphatic rings. The zero-order valence-electron chi connectivity index (χ0n) is 47.0. The molecule has 0 saturated carbocycles. The number of carbonyl (C=O) groups is 8. The summed E-state index contributed by atoms with van der Waals surface area (Å²) in [5.41, 5.74) is 22.7. The Bertz CT molecular complexity index is 5410. The topological polar surface area (TPSA) is 293 Å². The first kappa shape index (κ1) is 54.0. The number of nitrogens with one attached hydrogen (secondary N) is 2. The van der Waals surface area contributed by atoms with E-state index in [-0.39, 0.29) is 50.9 Å². The Morgan fingerprint density at radius 1 is 0.378 bits per heavy atom. The van der Waals surface area contributed by atoms with Gasteiger partial charge in [0.1, 0.15) is 0 Å². The minimum atomic E-state index is -1.10. The number of amides is 6. The van der Waals surface area contributed by atoms with Gasteiger partial charge in [-0.2, -0.15) is 0 Å². The van der Waals surface area contributed by atoms with E-state index in [0.29, 0.717) is 138 Å². The molecule has 15 rings (SSSR count). The number of aromatic nitrogens is 4. The molecule has 8 N–H and O–H groups in total. The number of benzene rings is 8. The van der Waals surface area contributed by atoms with Gasteiger partial charge in [-0.05, 0) is 131 Å². The lowest BCUT2D eigenvalue weighted by atomic mass is 9.92. The van der Waals surface area contributed by atoms with E-state index in [4.69, 9.17) is 21.4 Å². The van der Waals surface area contributed by atoms with Gasteiger partial charge in [-0.15, -0.1) is 0 Å². The minimum Gasteiger partial charge on any atom is -0.478 e. The van der Waals surface area contributed by atoms with Gasteiger partial charge in [0.2, 0.25) is 0 Å². The minimum absolute atomic E-state index is 0.0514. The number of hydrogen-bond acceptors (Lipinski definition) is 12. The van der Waals surface area contributed by atoms with Crippen LogP contribution in [0, 0.1) is 0 Å². The predicted molar refractivity (Wildman–Crippen MR) is 339 cm³/mol. The molecule has 0 unspecified atom stereocenters. The average Bonchev–Trinajstić information content (AvgIpc) is 1.35. The van der Waals surface area contributed by atoms with Gasteiger partial charge in [-0.1, -0.05) is 84.9 Å². The molecule has 0 fully saturated rings. The highest BCUT2D eigenvalue weighted by Crippen LogP contribution is 2.38. The first-order valence-electron chi connectivity index (χ1n) is 28.4. The maximum Gasteiger partial charge on any atom is 0.335 e. The summed E-state index contributed by atoms with van der Waals surface area (Å²) in [6.45, 7) is 0. The van der Waals surface area contributed by atoms with Crippen LogP contribution in [0.15, 0.2) is 182 Å². The molecule has 8 bridgehead atoms. The third kappa shape index (κ3) is 8.49. The largest absolute Gasteiger partial charge is 0.478 e. The molecule has 6 amide bonds. The van der Waals surface area contributed by atoms with Crippen molar-refractivity contribution in [2.45, 2.75) is 12.8 Å². The van der Waals surface area contributed by atoms with Crippen LogP contribution < -0.4 is 22.2 Å². The zero-order valence-corrected chi connectivity index (χ0v) is 47.0. The summed E-state index contributed by atoms with van der Waals surface area (Å²) in [6.07, 6.45) is 4.50. The molecule has 0 aliphatic carbocycles. The maximum atomic E-state index is 14.5. The molecule has 0 atom stereocenters. The fourth-order valence-electron chi connectivity index (χ4n) is 12.7. The number of hydrogen-bond donors (Lipinski definition) is 6. The van der Waals surface area contributed by atoms with Crippen molar-refractivity contribution in [3.05, 3.63) is 249 Å². The van der Waals surface area contributed by atoms with Gasteiger partial charge < -0.3 is 31.6 Å². The van der Waals surface area contributed by atoms with E-state index in [9.17, 15) is 48.6 Å². The van der Waals surface area contributed by atoms with Crippen molar-refractivity contribution in [3.8, 4) is 44.5 Å².